The molecular formula is C13H10N4S. The van der Waals surface area contributed by atoms with E-state index in [1.165, 1.54) is 11.7 Å². The Labute approximate surface area is 108 Å². The lowest BCUT2D eigenvalue weighted by molar-refractivity contribution is 1.41. The second kappa shape index (κ2) is 4.93. The highest BCUT2D eigenvalue weighted by atomic mass is 32.1. The van der Waals surface area contributed by atoms with Crippen LogP contribution in [0.25, 0.3) is 22.1 Å². The Kier molecular flexibility index (Phi) is 2.97. The van der Waals surface area contributed by atoms with Gasteiger partial charge in [0.25, 0.3) is 0 Å². The molecule has 0 bridgehead atoms. The number of hydrogen-bond donors (Lipinski definition) is 1. The van der Waals surface area contributed by atoms with Crippen LogP contribution in [0, 0.1) is 0 Å². The van der Waals surface area contributed by atoms with Gasteiger partial charge in [-0.05, 0) is 30.3 Å². The predicted octanol–water partition coefficient (Wildman–Crippen LogP) is 3.25. The van der Waals surface area contributed by atoms with E-state index in [-0.39, 0.29) is 0 Å². The molecule has 4 rings (SSSR count). The van der Waals surface area contributed by atoms with Gasteiger partial charge >= 0.3 is 0 Å². The number of H-pyrrole nitrogens is 1. The van der Waals surface area contributed by atoms with E-state index in [1.54, 1.807) is 6.20 Å². The molecule has 0 fully saturated rings. The van der Waals surface area contributed by atoms with Gasteiger partial charge in [-0.2, -0.15) is 8.75 Å². The summed E-state index contributed by atoms with van der Waals surface area (Å²) in [5.74, 6) is 0. The Bertz CT molecular complexity index is 633. The number of benzene rings is 1. The van der Waals surface area contributed by atoms with Crippen LogP contribution < -0.4 is 0 Å². The van der Waals surface area contributed by atoms with Crippen molar-refractivity contribution in [1.29, 1.82) is 0 Å². The lowest BCUT2D eigenvalue weighted by atomic mass is 10.3. The van der Waals surface area contributed by atoms with Gasteiger partial charge in [-0.3, -0.25) is 4.98 Å². The third-order valence-corrected chi connectivity index (χ3v) is 3.04. The van der Waals surface area contributed by atoms with Gasteiger partial charge in [0, 0.05) is 12.4 Å². The van der Waals surface area contributed by atoms with Gasteiger partial charge in [0.15, 0.2) is 0 Å². The fourth-order valence-corrected chi connectivity index (χ4v) is 2.14. The van der Waals surface area contributed by atoms with E-state index >= 15 is 0 Å². The van der Waals surface area contributed by atoms with Gasteiger partial charge in [0.2, 0.25) is 0 Å². The normalized spacial score (nSPS) is 10.2. The van der Waals surface area contributed by atoms with Crippen LogP contribution in [0.4, 0.5) is 0 Å². The van der Waals surface area contributed by atoms with Crippen molar-refractivity contribution in [3.8, 4) is 0 Å². The van der Waals surface area contributed by atoms with Crippen molar-refractivity contribution < 1.29 is 0 Å². The van der Waals surface area contributed by atoms with Crippen molar-refractivity contribution in [1.82, 2.24) is 18.7 Å². The summed E-state index contributed by atoms with van der Waals surface area (Å²) < 4.78 is 8.10. The molecule has 0 spiro atoms. The molecule has 0 aliphatic heterocycles. The number of nitrogens with zero attached hydrogens (tertiary/aromatic N) is 3. The Morgan fingerprint density at radius 3 is 2.33 bits per heavy atom. The molecule has 0 atom stereocenters. The summed E-state index contributed by atoms with van der Waals surface area (Å²) in [7, 11) is 0. The zero-order valence-corrected chi connectivity index (χ0v) is 10.3. The molecule has 0 radical (unpaired) electrons. The molecule has 3 aromatic heterocycles. The highest BCUT2D eigenvalue weighted by Crippen LogP contribution is 2.08. The minimum absolute atomic E-state index is 0.988. The fourth-order valence-electron chi connectivity index (χ4n) is 1.61. The number of aromatic amines is 1. The summed E-state index contributed by atoms with van der Waals surface area (Å²) >= 11 is 1.25. The topological polar surface area (TPSA) is 54.5 Å². The van der Waals surface area contributed by atoms with Crippen molar-refractivity contribution in [2.24, 2.45) is 0 Å². The van der Waals surface area contributed by atoms with Crippen molar-refractivity contribution in [3.05, 3.63) is 54.9 Å². The lowest BCUT2D eigenvalue weighted by Gasteiger charge is -1.82. The first-order valence-corrected chi connectivity index (χ1v) is 6.22. The molecule has 0 unspecified atom stereocenters. The zero-order chi connectivity index (χ0) is 12.2. The summed E-state index contributed by atoms with van der Waals surface area (Å²) in [5.41, 5.74) is 4.10. The highest BCUT2D eigenvalue weighted by molar-refractivity contribution is 7.00. The van der Waals surface area contributed by atoms with Crippen LogP contribution in [0.1, 0.15) is 0 Å². The Hall–Kier alpha value is -2.27. The van der Waals surface area contributed by atoms with E-state index in [2.05, 4.69) is 18.7 Å². The number of pyridine rings is 1. The molecule has 1 N–H and O–H groups in total. The predicted molar refractivity (Wildman–Crippen MR) is 73.5 cm³/mol. The van der Waals surface area contributed by atoms with E-state index in [9.17, 15) is 0 Å². The number of fused-ring (bicyclic) bond motifs is 2. The molecule has 3 heterocycles. The van der Waals surface area contributed by atoms with Crippen molar-refractivity contribution in [2.75, 3.05) is 0 Å². The second-order valence-corrected chi connectivity index (χ2v) is 4.20. The van der Waals surface area contributed by atoms with Gasteiger partial charge in [-0.15, -0.1) is 0 Å². The van der Waals surface area contributed by atoms with E-state index in [1.807, 2.05) is 48.7 Å². The molecule has 18 heavy (non-hydrogen) atoms. The average molecular weight is 254 g/mol. The maximum atomic E-state index is 4.11. The fraction of sp³-hybridized carbons (Fsp3) is 0. The van der Waals surface area contributed by atoms with E-state index in [0.717, 1.165) is 22.1 Å². The molecule has 0 aliphatic carbocycles. The summed E-state index contributed by atoms with van der Waals surface area (Å²) in [4.78, 5) is 7.17. The van der Waals surface area contributed by atoms with Crippen LogP contribution in [0.15, 0.2) is 54.9 Å². The minimum Gasteiger partial charge on any atom is -0.360 e. The van der Waals surface area contributed by atoms with Gasteiger partial charge in [0.05, 0.1) is 22.8 Å². The van der Waals surface area contributed by atoms with E-state index < -0.39 is 0 Å². The number of aromatic nitrogens is 4. The van der Waals surface area contributed by atoms with Gasteiger partial charge in [0.1, 0.15) is 11.0 Å². The van der Waals surface area contributed by atoms with Crippen molar-refractivity contribution in [2.45, 2.75) is 0 Å². The van der Waals surface area contributed by atoms with E-state index in [0.29, 0.717) is 0 Å². The molecule has 0 saturated heterocycles. The molecule has 4 aromatic rings. The minimum atomic E-state index is 0.988. The maximum absolute atomic E-state index is 4.11. The third-order valence-electron chi connectivity index (χ3n) is 2.48. The van der Waals surface area contributed by atoms with Crippen LogP contribution >= 0.6 is 11.7 Å². The first-order valence-electron chi connectivity index (χ1n) is 5.49. The van der Waals surface area contributed by atoms with Crippen molar-refractivity contribution in [3.63, 3.8) is 0 Å². The largest absolute Gasteiger partial charge is 0.360 e. The summed E-state index contributed by atoms with van der Waals surface area (Å²) in [5, 5.41) is 0. The highest BCUT2D eigenvalue weighted by Gasteiger charge is 1.91. The van der Waals surface area contributed by atoms with Crippen molar-refractivity contribution >= 4 is 33.8 Å². The number of nitrogens with one attached hydrogen (secondary N) is 1. The average Bonchev–Trinajstić information content (AvgIpc) is 3.08. The Balaban J connectivity index is 0.000000111. The number of rotatable bonds is 0. The first kappa shape index (κ1) is 10.9. The van der Waals surface area contributed by atoms with Crippen LogP contribution in [0.5, 0.6) is 0 Å². The molecule has 0 amide bonds. The standard InChI is InChI=1S/C7H6N2.C6H4N2S/c1-2-6-7(8-4-1)3-5-9-6;1-2-4-6-5(3-1)7-9-8-6/h1-5,9H;1-4H. The SMILES string of the molecule is c1ccc2nsnc2c1.c1cnc2cc[nH]c2c1. The molecule has 5 heteroatoms. The molecule has 1 aromatic carbocycles. The Morgan fingerprint density at radius 2 is 1.61 bits per heavy atom. The molecule has 0 aliphatic rings. The van der Waals surface area contributed by atoms with Crippen LogP contribution in [0.2, 0.25) is 0 Å². The summed E-state index contributed by atoms with van der Waals surface area (Å²) in [6.07, 6.45) is 3.67. The zero-order valence-electron chi connectivity index (χ0n) is 9.45. The lowest BCUT2D eigenvalue weighted by Crippen LogP contribution is -1.68. The first-order chi connectivity index (χ1) is 8.93. The summed E-state index contributed by atoms with van der Waals surface area (Å²) in [6.45, 7) is 0. The van der Waals surface area contributed by atoms with Gasteiger partial charge in [-0.1, -0.05) is 12.1 Å². The quantitative estimate of drug-likeness (QED) is 0.524. The summed E-state index contributed by atoms with van der Waals surface area (Å²) in [6, 6.07) is 13.7. The molecule has 4 nitrogen and oxygen atoms in total. The second-order valence-electron chi connectivity index (χ2n) is 3.67. The van der Waals surface area contributed by atoms with E-state index in [4.69, 9.17) is 0 Å². The van der Waals surface area contributed by atoms with Crippen LogP contribution in [0.3, 0.4) is 0 Å². The van der Waals surface area contributed by atoms with Gasteiger partial charge < -0.3 is 4.98 Å². The monoisotopic (exact) mass is 254 g/mol. The Morgan fingerprint density at radius 1 is 0.833 bits per heavy atom. The molecular weight excluding hydrogens is 244 g/mol. The van der Waals surface area contributed by atoms with Crippen LogP contribution in [-0.4, -0.2) is 18.7 Å². The number of hydrogen-bond acceptors (Lipinski definition) is 4. The van der Waals surface area contributed by atoms with Crippen LogP contribution in [-0.2, 0) is 0 Å². The maximum Gasteiger partial charge on any atom is 0.104 e. The molecule has 88 valence electrons. The molecule has 0 saturated carbocycles. The third kappa shape index (κ3) is 2.21. The smallest absolute Gasteiger partial charge is 0.104 e. The van der Waals surface area contributed by atoms with Gasteiger partial charge in [-0.25, -0.2) is 0 Å².